The molecule has 0 radical (unpaired) electrons. The molecule has 3 heterocycles. The van der Waals surface area contributed by atoms with Crippen LogP contribution in [0.25, 0.3) is 11.5 Å². The van der Waals surface area contributed by atoms with E-state index in [1.165, 1.54) is 6.92 Å². The van der Waals surface area contributed by atoms with Crippen LogP contribution in [0, 0.1) is 0 Å². The average molecular weight is 454 g/mol. The Labute approximate surface area is 168 Å². The molecule has 0 atom stereocenters. The van der Waals surface area contributed by atoms with Crippen molar-refractivity contribution in [3.63, 3.8) is 0 Å². The fourth-order valence-electron chi connectivity index (χ4n) is 2.48. The predicted octanol–water partition coefficient (Wildman–Crippen LogP) is 3.77. The molecule has 0 aliphatic heterocycles. The number of nitrogens with zero attached hydrogens (tertiary/aromatic N) is 5. The Balaban J connectivity index is 2.25. The average Bonchev–Trinajstić information content (AvgIpc) is 3.12. The predicted molar refractivity (Wildman–Crippen MR) is 90.8 cm³/mol. The maximum Gasteiger partial charge on any atom is 0.435 e. The molecule has 0 unspecified atom stereocenters. The van der Waals surface area contributed by atoms with Crippen molar-refractivity contribution in [3.8, 4) is 17.3 Å². The quantitative estimate of drug-likeness (QED) is 0.610. The van der Waals surface area contributed by atoms with Crippen molar-refractivity contribution in [3.05, 3.63) is 56.9 Å². The lowest BCUT2D eigenvalue weighted by Crippen LogP contribution is -2.28. The lowest BCUT2D eigenvalue weighted by Gasteiger charge is -2.14. The van der Waals surface area contributed by atoms with E-state index in [0.717, 1.165) is 6.20 Å². The molecule has 3 aromatic rings. The minimum atomic E-state index is -4.81. The van der Waals surface area contributed by atoms with Gasteiger partial charge in [-0.05, 0) is 18.6 Å². The number of aryl methyl sites for hydroxylation is 1. The fraction of sp³-hybridized carbons (Fsp3) is 0.250. The van der Waals surface area contributed by atoms with Crippen LogP contribution in [0.15, 0.2) is 29.3 Å². The van der Waals surface area contributed by atoms with Gasteiger partial charge in [-0.3, -0.25) is 4.79 Å². The van der Waals surface area contributed by atoms with Gasteiger partial charge in [0.1, 0.15) is 5.69 Å². The van der Waals surface area contributed by atoms with Crippen LogP contribution in [0.1, 0.15) is 23.9 Å². The number of alkyl halides is 6. The molecule has 0 aromatic carbocycles. The Morgan fingerprint density at radius 3 is 2.30 bits per heavy atom. The Hall–Kier alpha value is -3.09. The third-order valence-corrected chi connectivity index (χ3v) is 4.18. The molecule has 7 nitrogen and oxygen atoms in total. The molecule has 14 heteroatoms. The zero-order valence-electron chi connectivity index (χ0n) is 14.8. The normalized spacial score (nSPS) is 12.4. The third-order valence-electron chi connectivity index (χ3n) is 3.91. The summed E-state index contributed by atoms with van der Waals surface area (Å²) in [5.74, 6) is -1.24. The highest BCUT2D eigenvalue weighted by molar-refractivity contribution is 6.32. The van der Waals surface area contributed by atoms with Crippen molar-refractivity contribution in [2.45, 2.75) is 25.7 Å². The van der Waals surface area contributed by atoms with Crippen molar-refractivity contribution < 1.29 is 31.4 Å². The van der Waals surface area contributed by atoms with Crippen LogP contribution in [-0.4, -0.2) is 29.7 Å². The van der Waals surface area contributed by atoms with Crippen LogP contribution in [0.2, 0.25) is 5.02 Å². The van der Waals surface area contributed by atoms with Crippen LogP contribution in [0.4, 0.5) is 26.3 Å². The molecular formula is C16H10ClF6N5O2. The molecular weight excluding hydrogens is 444 g/mol. The lowest BCUT2D eigenvalue weighted by molar-refractivity contribution is -0.141. The van der Waals surface area contributed by atoms with Crippen LogP contribution in [0.5, 0.6) is 5.75 Å². The van der Waals surface area contributed by atoms with Gasteiger partial charge in [0.15, 0.2) is 22.9 Å². The summed E-state index contributed by atoms with van der Waals surface area (Å²) in [5.41, 5.74) is -4.55. The van der Waals surface area contributed by atoms with E-state index in [1.807, 2.05) is 0 Å². The molecule has 1 N–H and O–H groups in total. The molecule has 0 fully saturated rings. The van der Waals surface area contributed by atoms with E-state index in [2.05, 4.69) is 15.2 Å². The van der Waals surface area contributed by atoms with Gasteiger partial charge in [0.2, 0.25) is 0 Å². The highest BCUT2D eigenvalue weighted by Crippen LogP contribution is 2.32. The number of halogens is 7. The molecule has 0 aliphatic rings. The summed E-state index contributed by atoms with van der Waals surface area (Å²) in [6, 6.07) is 1.10. The van der Waals surface area contributed by atoms with Crippen molar-refractivity contribution in [1.82, 2.24) is 24.5 Å². The van der Waals surface area contributed by atoms with Crippen molar-refractivity contribution in [1.29, 1.82) is 0 Å². The van der Waals surface area contributed by atoms with Crippen LogP contribution < -0.4 is 5.56 Å². The van der Waals surface area contributed by atoms with Gasteiger partial charge in [-0.2, -0.15) is 41.2 Å². The number of rotatable bonds is 3. The second-order valence-electron chi connectivity index (χ2n) is 5.88. The Kier molecular flexibility index (Phi) is 5.26. The monoisotopic (exact) mass is 453 g/mol. The smallest absolute Gasteiger partial charge is 0.435 e. The lowest BCUT2D eigenvalue weighted by atomic mass is 10.2. The second-order valence-corrected chi connectivity index (χ2v) is 6.29. The molecule has 3 rings (SSSR count). The highest BCUT2D eigenvalue weighted by atomic mass is 35.5. The topological polar surface area (TPSA) is 85.8 Å². The molecule has 3 aromatic heterocycles. The van der Waals surface area contributed by atoms with Crippen molar-refractivity contribution in [2.75, 3.05) is 0 Å². The van der Waals surface area contributed by atoms with Crippen molar-refractivity contribution in [2.24, 2.45) is 0 Å². The molecule has 0 saturated carbocycles. The SMILES string of the molecule is CCc1nn(-c2ncc(C(F)(F)F)cc2Cl)c(=O)c(-n2ccc(C(F)(F)F)n2)c1O. The standard InChI is InChI=1S/C16H10ClF6N5O2/c1-2-9-12(29)11(27-4-3-10(26-27)16(21,22)23)14(30)28(25-9)13-8(17)5-7(6-24-13)15(18,19)20/h3-6,29H,2H2,1H3. The number of pyridine rings is 1. The number of aromatic nitrogens is 5. The minimum Gasteiger partial charge on any atom is -0.504 e. The van der Waals surface area contributed by atoms with E-state index in [1.54, 1.807) is 0 Å². The van der Waals surface area contributed by atoms with E-state index in [0.29, 0.717) is 27.7 Å². The molecule has 160 valence electrons. The Morgan fingerprint density at radius 1 is 1.13 bits per heavy atom. The Bertz CT molecular complexity index is 1170. The van der Waals surface area contributed by atoms with E-state index in [-0.39, 0.29) is 12.1 Å². The van der Waals surface area contributed by atoms with Gasteiger partial charge in [-0.1, -0.05) is 18.5 Å². The van der Waals surface area contributed by atoms with Crippen LogP contribution >= 0.6 is 11.6 Å². The van der Waals surface area contributed by atoms with Crippen LogP contribution in [-0.2, 0) is 18.8 Å². The van der Waals surface area contributed by atoms with Crippen molar-refractivity contribution >= 4 is 11.6 Å². The minimum absolute atomic E-state index is 0.0186. The largest absolute Gasteiger partial charge is 0.504 e. The summed E-state index contributed by atoms with van der Waals surface area (Å²) in [5, 5.41) is 16.8. The van der Waals surface area contributed by atoms with Gasteiger partial charge >= 0.3 is 17.9 Å². The molecule has 30 heavy (non-hydrogen) atoms. The maximum absolute atomic E-state index is 12.8. The van der Waals surface area contributed by atoms with E-state index < -0.39 is 51.4 Å². The summed E-state index contributed by atoms with van der Waals surface area (Å²) in [6.45, 7) is 1.52. The van der Waals surface area contributed by atoms with Gasteiger partial charge in [0, 0.05) is 12.4 Å². The van der Waals surface area contributed by atoms with E-state index in [4.69, 9.17) is 11.6 Å². The zero-order valence-corrected chi connectivity index (χ0v) is 15.5. The summed E-state index contributed by atoms with van der Waals surface area (Å²) >= 11 is 5.84. The summed E-state index contributed by atoms with van der Waals surface area (Å²) in [4.78, 5) is 16.3. The summed E-state index contributed by atoms with van der Waals surface area (Å²) in [6.07, 6.45) is -8.32. The van der Waals surface area contributed by atoms with Gasteiger partial charge in [0.25, 0.3) is 0 Å². The fourth-order valence-corrected chi connectivity index (χ4v) is 2.73. The van der Waals surface area contributed by atoms with Gasteiger partial charge in [-0.25, -0.2) is 9.67 Å². The van der Waals surface area contributed by atoms with Crippen LogP contribution in [0.3, 0.4) is 0 Å². The molecule has 0 amide bonds. The summed E-state index contributed by atoms with van der Waals surface area (Å²) in [7, 11) is 0. The first-order chi connectivity index (χ1) is 13.8. The second kappa shape index (κ2) is 7.31. The summed E-state index contributed by atoms with van der Waals surface area (Å²) < 4.78 is 78.0. The van der Waals surface area contributed by atoms with Gasteiger partial charge < -0.3 is 5.11 Å². The van der Waals surface area contributed by atoms with E-state index >= 15 is 0 Å². The van der Waals surface area contributed by atoms with E-state index in [9.17, 15) is 36.2 Å². The molecule has 0 aliphatic carbocycles. The molecule has 0 saturated heterocycles. The molecule has 0 spiro atoms. The Morgan fingerprint density at radius 2 is 1.80 bits per heavy atom. The molecule has 0 bridgehead atoms. The first-order valence-electron chi connectivity index (χ1n) is 8.06. The number of aromatic hydroxyl groups is 1. The zero-order chi connectivity index (χ0) is 22.4. The number of hydrogen-bond acceptors (Lipinski definition) is 5. The maximum atomic E-state index is 12.8. The van der Waals surface area contributed by atoms with Gasteiger partial charge in [0.05, 0.1) is 10.6 Å². The number of hydrogen-bond donors (Lipinski definition) is 1. The first kappa shape index (κ1) is 21.6. The first-order valence-corrected chi connectivity index (χ1v) is 8.44. The highest BCUT2D eigenvalue weighted by Gasteiger charge is 2.35. The van der Waals surface area contributed by atoms with Gasteiger partial charge in [-0.15, -0.1) is 0 Å². The third kappa shape index (κ3) is 3.84.